The van der Waals surface area contributed by atoms with Gasteiger partial charge >= 0.3 is 0 Å². The van der Waals surface area contributed by atoms with Crippen molar-refractivity contribution in [3.63, 3.8) is 0 Å². The zero-order chi connectivity index (χ0) is 15.1. The van der Waals surface area contributed by atoms with Crippen LogP contribution in [-0.4, -0.2) is 12.4 Å². The first-order valence-electron chi connectivity index (χ1n) is 7.09. The van der Waals surface area contributed by atoms with Crippen molar-refractivity contribution in [1.82, 2.24) is 0 Å². The molecule has 0 atom stereocenters. The van der Waals surface area contributed by atoms with E-state index in [1.807, 2.05) is 49.4 Å². The minimum absolute atomic E-state index is 0.0438. The van der Waals surface area contributed by atoms with Gasteiger partial charge in [0.1, 0.15) is 5.75 Å². The molecule has 0 N–H and O–H groups in total. The predicted octanol–water partition coefficient (Wildman–Crippen LogP) is 4.00. The lowest BCUT2D eigenvalue weighted by molar-refractivity contribution is 0.101. The van der Waals surface area contributed by atoms with E-state index >= 15 is 0 Å². The Morgan fingerprint density at radius 2 is 1.81 bits per heavy atom. The van der Waals surface area contributed by atoms with E-state index < -0.39 is 0 Å². The highest BCUT2D eigenvalue weighted by Gasteiger charge is 2.08. The fourth-order valence-corrected chi connectivity index (χ4v) is 2.06. The Kier molecular flexibility index (Phi) is 5.52. The molecule has 0 bridgehead atoms. The van der Waals surface area contributed by atoms with Crippen LogP contribution in [0.2, 0.25) is 0 Å². The van der Waals surface area contributed by atoms with E-state index in [0.717, 1.165) is 16.9 Å². The van der Waals surface area contributed by atoms with Crippen molar-refractivity contribution in [2.75, 3.05) is 6.61 Å². The summed E-state index contributed by atoms with van der Waals surface area (Å²) < 4.78 is 11.3. The van der Waals surface area contributed by atoms with Crippen LogP contribution in [0.4, 0.5) is 0 Å². The van der Waals surface area contributed by atoms with Crippen molar-refractivity contribution < 1.29 is 14.3 Å². The van der Waals surface area contributed by atoms with Gasteiger partial charge in [0.05, 0.1) is 19.8 Å². The molecular formula is C18H20O3. The molecule has 0 saturated carbocycles. The van der Waals surface area contributed by atoms with E-state index in [9.17, 15) is 4.79 Å². The van der Waals surface area contributed by atoms with Gasteiger partial charge in [-0.15, -0.1) is 0 Å². The van der Waals surface area contributed by atoms with Gasteiger partial charge in [-0.3, -0.25) is 4.79 Å². The quantitative estimate of drug-likeness (QED) is 0.721. The second-order valence-corrected chi connectivity index (χ2v) is 4.79. The van der Waals surface area contributed by atoms with Crippen LogP contribution in [0.25, 0.3) is 0 Å². The first-order chi connectivity index (χ1) is 10.2. The van der Waals surface area contributed by atoms with Gasteiger partial charge in [0.25, 0.3) is 0 Å². The molecule has 0 aliphatic carbocycles. The molecule has 2 rings (SSSR count). The Bertz CT molecular complexity index is 591. The van der Waals surface area contributed by atoms with Gasteiger partial charge in [0, 0.05) is 11.1 Å². The topological polar surface area (TPSA) is 35.5 Å². The summed E-state index contributed by atoms with van der Waals surface area (Å²) in [6, 6.07) is 15.5. The van der Waals surface area contributed by atoms with Crippen LogP contribution in [0.1, 0.15) is 35.3 Å². The lowest BCUT2D eigenvalue weighted by atomic mass is 10.1. The zero-order valence-corrected chi connectivity index (χ0v) is 12.5. The highest BCUT2D eigenvalue weighted by atomic mass is 16.5. The molecule has 0 aromatic heterocycles. The Morgan fingerprint density at radius 1 is 1.05 bits per heavy atom. The summed E-state index contributed by atoms with van der Waals surface area (Å²) in [5, 5.41) is 0. The van der Waals surface area contributed by atoms with Crippen molar-refractivity contribution >= 4 is 5.78 Å². The lowest BCUT2D eigenvalue weighted by Gasteiger charge is -2.12. The second-order valence-electron chi connectivity index (χ2n) is 4.79. The fourth-order valence-electron chi connectivity index (χ4n) is 2.06. The smallest absolute Gasteiger partial charge is 0.159 e. The van der Waals surface area contributed by atoms with Gasteiger partial charge in [-0.05, 0) is 37.6 Å². The molecule has 110 valence electrons. The van der Waals surface area contributed by atoms with Gasteiger partial charge in [0.15, 0.2) is 5.78 Å². The summed E-state index contributed by atoms with van der Waals surface area (Å²) in [6.07, 6.45) is 0. The maximum atomic E-state index is 11.5. The molecule has 0 aliphatic heterocycles. The van der Waals surface area contributed by atoms with E-state index in [0.29, 0.717) is 25.4 Å². The molecule has 0 heterocycles. The average Bonchev–Trinajstić information content (AvgIpc) is 2.50. The molecule has 0 radical (unpaired) electrons. The van der Waals surface area contributed by atoms with Crippen LogP contribution in [0, 0.1) is 0 Å². The number of carbonyl (C=O) groups is 1. The minimum atomic E-state index is 0.0438. The van der Waals surface area contributed by atoms with Crippen molar-refractivity contribution in [2.24, 2.45) is 0 Å². The van der Waals surface area contributed by atoms with Crippen molar-refractivity contribution in [3.05, 3.63) is 65.2 Å². The number of hydrogen-bond acceptors (Lipinski definition) is 3. The van der Waals surface area contributed by atoms with Crippen LogP contribution in [0.15, 0.2) is 48.5 Å². The van der Waals surface area contributed by atoms with Crippen molar-refractivity contribution in [3.8, 4) is 5.75 Å². The number of Topliss-reactive ketones (excluding diaryl/α,β-unsaturated/α-hetero) is 1. The maximum Gasteiger partial charge on any atom is 0.159 e. The summed E-state index contributed by atoms with van der Waals surface area (Å²) >= 11 is 0. The number of ether oxygens (including phenoxy) is 2. The van der Waals surface area contributed by atoms with E-state index in [1.165, 1.54) is 0 Å². The van der Waals surface area contributed by atoms with Crippen molar-refractivity contribution in [1.29, 1.82) is 0 Å². The Balaban J connectivity index is 2.06. The molecule has 2 aromatic rings. The Hall–Kier alpha value is -2.13. The molecule has 21 heavy (non-hydrogen) atoms. The zero-order valence-electron chi connectivity index (χ0n) is 12.5. The van der Waals surface area contributed by atoms with Crippen LogP contribution >= 0.6 is 0 Å². The van der Waals surface area contributed by atoms with Crippen LogP contribution in [0.5, 0.6) is 5.75 Å². The van der Waals surface area contributed by atoms with E-state index in [1.54, 1.807) is 13.0 Å². The van der Waals surface area contributed by atoms with Gasteiger partial charge in [-0.25, -0.2) is 0 Å². The van der Waals surface area contributed by atoms with E-state index in [2.05, 4.69) is 0 Å². The van der Waals surface area contributed by atoms with Crippen LogP contribution in [-0.2, 0) is 18.0 Å². The van der Waals surface area contributed by atoms with Gasteiger partial charge < -0.3 is 9.47 Å². The highest BCUT2D eigenvalue weighted by Crippen LogP contribution is 2.22. The van der Waals surface area contributed by atoms with Crippen molar-refractivity contribution in [2.45, 2.75) is 27.1 Å². The molecule has 0 spiro atoms. The summed E-state index contributed by atoms with van der Waals surface area (Å²) in [5.74, 6) is 0.818. The first kappa shape index (κ1) is 15.3. The van der Waals surface area contributed by atoms with Gasteiger partial charge in [0.2, 0.25) is 0 Å². The third-order valence-corrected chi connectivity index (χ3v) is 3.14. The molecule has 0 amide bonds. The number of benzene rings is 2. The third kappa shape index (κ3) is 4.43. The average molecular weight is 284 g/mol. The van der Waals surface area contributed by atoms with Gasteiger partial charge in [-0.2, -0.15) is 0 Å². The predicted molar refractivity (Wildman–Crippen MR) is 82.6 cm³/mol. The molecule has 0 saturated heterocycles. The Morgan fingerprint density at radius 3 is 2.48 bits per heavy atom. The molecule has 2 aromatic carbocycles. The highest BCUT2D eigenvalue weighted by molar-refractivity contribution is 5.94. The SMILES string of the molecule is CCOc1ccc(C(C)=O)cc1COCc1ccccc1. The van der Waals surface area contributed by atoms with Gasteiger partial charge in [-0.1, -0.05) is 30.3 Å². The molecule has 0 fully saturated rings. The standard InChI is InChI=1S/C18H20O3/c1-3-21-18-10-9-16(14(2)19)11-17(18)13-20-12-15-7-5-4-6-8-15/h4-11H,3,12-13H2,1-2H3. The number of hydrogen-bond donors (Lipinski definition) is 0. The normalized spacial score (nSPS) is 10.4. The Labute approximate surface area is 125 Å². The molecule has 3 nitrogen and oxygen atoms in total. The monoisotopic (exact) mass is 284 g/mol. The first-order valence-corrected chi connectivity index (χ1v) is 7.09. The van der Waals surface area contributed by atoms with E-state index in [4.69, 9.17) is 9.47 Å². The number of rotatable bonds is 7. The fraction of sp³-hybridized carbons (Fsp3) is 0.278. The number of ketones is 1. The summed E-state index contributed by atoms with van der Waals surface area (Å²) in [4.78, 5) is 11.5. The largest absolute Gasteiger partial charge is 0.494 e. The third-order valence-electron chi connectivity index (χ3n) is 3.14. The summed E-state index contributed by atoms with van der Waals surface area (Å²) in [5.41, 5.74) is 2.70. The lowest BCUT2D eigenvalue weighted by Crippen LogP contribution is -2.02. The van der Waals surface area contributed by atoms with Crippen LogP contribution < -0.4 is 4.74 Å². The molecule has 3 heteroatoms. The summed E-state index contributed by atoms with van der Waals surface area (Å²) in [7, 11) is 0. The summed E-state index contributed by atoms with van der Waals surface area (Å²) in [6.45, 7) is 5.05. The van der Waals surface area contributed by atoms with Crippen LogP contribution in [0.3, 0.4) is 0 Å². The van der Waals surface area contributed by atoms with E-state index in [-0.39, 0.29) is 5.78 Å². The second kappa shape index (κ2) is 7.60. The molecule has 0 aliphatic rings. The minimum Gasteiger partial charge on any atom is -0.494 e. The number of carbonyl (C=O) groups excluding carboxylic acids is 1. The maximum absolute atomic E-state index is 11.5. The molecule has 0 unspecified atom stereocenters. The molecular weight excluding hydrogens is 264 g/mol.